The maximum absolute atomic E-state index is 12.2. The molecule has 4 N–H and O–H groups in total. The summed E-state index contributed by atoms with van der Waals surface area (Å²) in [7, 11) is 0. The van der Waals surface area contributed by atoms with Crippen LogP contribution in [0.1, 0.15) is 55.3 Å². The first-order chi connectivity index (χ1) is 9.74. The molecule has 5 nitrogen and oxygen atoms in total. The molecule has 2 aliphatic carbocycles. The van der Waals surface area contributed by atoms with Gasteiger partial charge < -0.3 is 16.4 Å². The van der Waals surface area contributed by atoms with E-state index in [4.69, 9.17) is 5.73 Å². The first kappa shape index (κ1) is 13.7. The second-order valence-electron chi connectivity index (χ2n) is 5.89. The molecule has 0 aromatic carbocycles. The van der Waals surface area contributed by atoms with Gasteiger partial charge in [0.15, 0.2) is 5.82 Å². The van der Waals surface area contributed by atoms with Crippen molar-refractivity contribution in [1.82, 2.24) is 9.69 Å². The van der Waals surface area contributed by atoms with E-state index in [1.165, 1.54) is 43.6 Å². The van der Waals surface area contributed by atoms with Crippen molar-refractivity contribution in [3.8, 4) is 0 Å². The molecule has 2 fully saturated rings. The average Bonchev–Trinajstić information content (AvgIpc) is 2.95. The Hall–Kier alpha value is -1.30. The molecular weight excluding hydrogens is 272 g/mol. The summed E-state index contributed by atoms with van der Waals surface area (Å²) in [5, 5.41) is 7.15. The second-order valence-corrected chi connectivity index (χ2v) is 6.66. The highest BCUT2D eigenvalue weighted by atomic mass is 32.1. The summed E-state index contributed by atoms with van der Waals surface area (Å²) in [6, 6.07) is 0.341. The standard InChI is InChI=1S/C14H22N4OS/c15-12-11(13(19)17-10-5-6-10)14(20-18-12)16-8-7-9-3-1-2-4-9/h9-10,16H,1-8H2,(H2,15,18)(H,17,19). The van der Waals surface area contributed by atoms with Crippen molar-refractivity contribution < 1.29 is 4.79 Å². The lowest BCUT2D eigenvalue weighted by Crippen LogP contribution is -2.26. The number of amides is 1. The summed E-state index contributed by atoms with van der Waals surface area (Å²) in [6.45, 7) is 0.899. The fourth-order valence-electron chi connectivity index (χ4n) is 2.82. The van der Waals surface area contributed by atoms with Crippen LogP contribution in [0.3, 0.4) is 0 Å². The Morgan fingerprint density at radius 3 is 2.75 bits per heavy atom. The normalized spacial score (nSPS) is 19.2. The van der Waals surface area contributed by atoms with Gasteiger partial charge in [0, 0.05) is 12.6 Å². The average molecular weight is 294 g/mol. The molecule has 0 bridgehead atoms. The van der Waals surface area contributed by atoms with Crippen molar-refractivity contribution in [2.75, 3.05) is 17.6 Å². The number of nitrogens with one attached hydrogen (secondary N) is 2. The van der Waals surface area contributed by atoms with Crippen LogP contribution in [0.2, 0.25) is 0 Å². The topological polar surface area (TPSA) is 80.0 Å². The number of carbonyl (C=O) groups is 1. The SMILES string of the molecule is Nc1nsc(NCCC2CCCC2)c1C(=O)NC1CC1. The first-order valence-corrected chi connectivity index (χ1v) is 8.31. The van der Waals surface area contributed by atoms with Crippen molar-refractivity contribution >= 4 is 28.3 Å². The van der Waals surface area contributed by atoms with Gasteiger partial charge in [-0.05, 0) is 36.7 Å². The molecule has 1 heterocycles. The van der Waals surface area contributed by atoms with Gasteiger partial charge in [0.05, 0.1) is 0 Å². The summed E-state index contributed by atoms with van der Waals surface area (Å²) < 4.78 is 4.11. The Balaban J connectivity index is 1.56. The maximum atomic E-state index is 12.2. The van der Waals surface area contributed by atoms with Gasteiger partial charge in [-0.3, -0.25) is 4.79 Å². The lowest BCUT2D eigenvalue weighted by Gasteiger charge is -2.10. The minimum atomic E-state index is -0.0814. The fraction of sp³-hybridized carbons (Fsp3) is 0.714. The van der Waals surface area contributed by atoms with Crippen LogP contribution in [0, 0.1) is 5.92 Å². The first-order valence-electron chi connectivity index (χ1n) is 7.54. The van der Waals surface area contributed by atoms with E-state index < -0.39 is 0 Å². The highest BCUT2D eigenvalue weighted by Crippen LogP contribution is 2.30. The monoisotopic (exact) mass is 294 g/mol. The quantitative estimate of drug-likeness (QED) is 0.753. The molecule has 0 atom stereocenters. The van der Waals surface area contributed by atoms with Gasteiger partial charge in [-0.25, -0.2) is 0 Å². The van der Waals surface area contributed by atoms with Crippen LogP contribution in [-0.2, 0) is 0 Å². The minimum absolute atomic E-state index is 0.0814. The molecule has 0 radical (unpaired) electrons. The predicted octanol–water partition coefficient (Wildman–Crippen LogP) is 2.61. The lowest BCUT2D eigenvalue weighted by molar-refractivity contribution is 0.0953. The van der Waals surface area contributed by atoms with Gasteiger partial charge in [-0.1, -0.05) is 25.7 Å². The molecule has 3 rings (SSSR count). The van der Waals surface area contributed by atoms with E-state index in [-0.39, 0.29) is 5.91 Å². The molecule has 6 heteroatoms. The summed E-state index contributed by atoms with van der Waals surface area (Å²) in [4.78, 5) is 12.2. The summed E-state index contributed by atoms with van der Waals surface area (Å²) in [5.41, 5.74) is 6.37. The molecule has 1 aromatic heterocycles. The molecule has 2 saturated carbocycles. The molecule has 0 unspecified atom stereocenters. The number of nitrogen functional groups attached to an aromatic ring is 1. The lowest BCUT2D eigenvalue weighted by atomic mass is 10.0. The number of hydrogen-bond acceptors (Lipinski definition) is 5. The molecule has 1 aromatic rings. The third kappa shape index (κ3) is 3.23. The Bertz CT molecular complexity index is 478. The van der Waals surface area contributed by atoms with Crippen LogP contribution in [0.4, 0.5) is 10.8 Å². The molecule has 20 heavy (non-hydrogen) atoms. The molecular formula is C14H22N4OS. The van der Waals surface area contributed by atoms with Crippen LogP contribution in [0.15, 0.2) is 0 Å². The molecule has 1 amide bonds. The van der Waals surface area contributed by atoms with Crippen LogP contribution in [-0.4, -0.2) is 22.9 Å². The number of nitrogens with two attached hydrogens (primary N) is 1. The molecule has 0 saturated heterocycles. The van der Waals surface area contributed by atoms with Crippen molar-refractivity contribution in [3.63, 3.8) is 0 Å². The molecule has 0 spiro atoms. The van der Waals surface area contributed by atoms with E-state index in [0.717, 1.165) is 30.3 Å². The second kappa shape index (κ2) is 5.99. The maximum Gasteiger partial charge on any atom is 0.258 e. The smallest absolute Gasteiger partial charge is 0.258 e. The van der Waals surface area contributed by atoms with Crippen LogP contribution >= 0.6 is 11.5 Å². The van der Waals surface area contributed by atoms with E-state index in [1.54, 1.807) is 0 Å². The largest absolute Gasteiger partial charge is 0.382 e. The summed E-state index contributed by atoms with van der Waals surface area (Å²) in [6.07, 6.45) is 8.76. The Morgan fingerprint density at radius 2 is 2.05 bits per heavy atom. The van der Waals surface area contributed by atoms with Crippen LogP contribution in [0.25, 0.3) is 0 Å². The van der Waals surface area contributed by atoms with E-state index >= 15 is 0 Å². The van der Waals surface area contributed by atoms with Crippen molar-refractivity contribution in [1.29, 1.82) is 0 Å². The summed E-state index contributed by atoms with van der Waals surface area (Å²) in [5.74, 6) is 1.11. The molecule has 2 aliphatic rings. The van der Waals surface area contributed by atoms with Gasteiger partial charge in [0.1, 0.15) is 10.6 Å². The highest BCUT2D eigenvalue weighted by Gasteiger charge is 2.27. The van der Waals surface area contributed by atoms with Crippen molar-refractivity contribution in [2.24, 2.45) is 5.92 Å². The van der Waals surface area contributed by atoms with Crippen molar-refractivity contribution in [2.45, 2.75) is 51.0 Å². The zero-order valence-electron chi connectivity index (χ0n) is 11.7. The number of rotatable bonds is 6. The minimum Gasteiger partial charge on any atom is -0.382 e. The molecule has 110 valence electrons. The number of carbonyl (C=O) groups excluding carboxylic acids is 1. The Morgan fingerprint density at radius 1 is 1.30 bits per heavy atom. The van der Waals surface area contributed by atoms with E-state index in [1.807, 2.05) is 0 Å². The summed E-state index contributed by atoms with van der Waals surface area (Å²) >= 11 is 1.29. The van der Waals surface area contributed by atoms with Gasteiger partial charge in [-0.15, -0.1) is 0 Å². The Kier molecular flexibility index (Phi) is 4.10. The highest BCUT2D eigenvalue weighted by molar-refractivity contribution is 7.11. The third-order valence-corrected chi connectivity index (χ3v) is 4.99. The number of hydrogen-bond donors (Lipinski definition) is 3. The van der Waals surface area contributed by atoms with Gasteiger partial charge in [-0.2, -0.15) is 4.37 Å². The van der Waals surface area contributed by atoms with Crippen LogP contribution in [0.5, 0.6) is 0 Å². The number of aromatic nitrogens is 1. The van der Waals surface area contributed by atoms with Gasteiger partial charge in [0.2, 0.25) is 0 Å². The fourth-order valence-corrected chi connectivity index (χ4v) is 3.55. The number of anilines is 2. The van der Waals surface area contributed by atoms with E-state index in [0.29, 0.717) is 17.4 Å². The zero-order valence-corrected chi connectivity index (χ0v) is 12.5. The van der Waals surface area contributed by atoms with Crippen LogP contribution < -0.4 is 16.4 Å². The van der Waals surface area contributed by atoms with Crippen molar-refractivity contribution in [3.05, 3.63) is 5.56 Å². The van der Waals surface area contributed by atoms with Gasteiger partial charge >= 0.3 is 0 Å². The molecule has 0 aliphatic heterocycles. The zero-order chi connectivity index (χ0) is 13.9. The van der Waals surface area contributed by atoms with E-state index in [9.17, 15) is 4.79 Å². The van der Waals surface area contributed by atoms with Gasteiger partial charge in [0.25, 0.3) is 5.91 Å². The Labute approximate surface area is 123 Å². The third-order valence-electron chi connectivity index (χ3n) is 4.17. The number of nitrogens with zero attached hydrogens (tertiary/aromatic N) is 1. The predicted molar refractivity (Wildman–Crippen MR) is 82.1 cm³/mol. The van der Waals surface area contributed by atoms with E-state index in [2.05, 4.69) is 15.0 Å².